The van der Waals surface area contributed by atoms with E-state index < -0.39 is 39.8 Å². The monoisotopic (exact) mass is 617 g/mol. The molecule has 6 aliphatic rings. The van der Waals surface area contributed by atoms with Crippen molar-refractivity contribution in [3.8, 4) is 0 Å². The second-order valence-corrected chi connectivity index (χ2v) is 16.6. The van der Waals surface area contributed by atoms with Crippen molar-refractivity contribution in [2.45, 2.75) is 129 Å². The Morgan fingerprint density at radius 1 is 0.956 bits per heavy atom. The highest BCUT2D eigenvalue weighted by atomic mass is 16.5. The van der Waals surface area contributed by atoms with E-state index in [9.17, 15) is 24.6 Å². The number of anilines is 1. The molecule has 1 aromatic rings. The van der Waals surface area contributed by atoms with Crippen molar-refractivity contribution in [1.82, 2.24) is 0 Å². The molecule has 0 radical (unpaired) electrons. The Morgan fingerprint density at radius 2 is 1.67 bits per heavy atom. The summed E-state index contributed by atoms with van der Waals surface area (Å²) in [6.45, 7) is 15.3. The SMILES string of the molecule is CC1(C)C=C2c3cc4c(cc3CC2C(C)(C)O1)C(=O)C[C@@H]1CC[C@@]2(O)C3=CC(=O)[C@@H](C(C)(C)O)O[C@H]3CC[C@]2(C)[C@@]1(C)C(=O)N4. The lowest BCUT2D eigenvalue weighted by molar-refractivity contribution is -0.215. The van der Waals surface area contributed by atoms with Gasteiger partial charge in [0.2, 0.25) is 5.91 Å². The van der Waals surface area contributed by atoms with Gasteiger partial charge in [-0.05, 0) is 133 Å². The molecule has 3 aliphatic heterocycles. The molecule has 8 nitrogen and oxygen atoms in total. The van der Waals surface area contributed by atoms with Crippen molar-refractivity contribution in [3.63, 3.8) is 0 Å². The number of hydrogen-bond donors (Lipinski definition) is 3. The van der Waals surface area contributed by atoms with Crippen LogP contribution in [0, 0.1) is 22.7 Å². The number of benzene rings is 1. The molecule has 2 saturated carbocycles. The summed E-state index contributed by atoms with van der Waals surface area (Å²) in [6, 6.07) is 3.97. The maximum absolute atomic E-state index is 14.7. The van der Waals surface area contributed by atoms with E-state index in [1.807, 2.05) is 26.0 Å². The largest absolute Gasteiger partial charge is 0.387 e. The third-order valence-electron chi connectivity index (χ3n) is 12.6. The minimum absolute atomic E-state index is 0.00476. The van der Waals surface area contributed by atoms with Crippen LogP contribution in [0.5, 0.6) is 0 Å². The third kappa shape index (κ3) is 4.14. The lowest BCUT2D eigenvalue weighted by atomic mass is 9.41. The number of rotatable bonds is 1. The van der Waals surface area contributed by atoms with Crippen LogP contribution in [-0.2, 0) is 25.5 Å². The minimum Gasteiger partial charge on any atom is -0.387 e. The van der Waals surface area contributed by atoms with E-state index in [-0.39, 0.29) is 41.3 Å². The standard InChI is InChI=1S/C37H47NO7/c1-32(2)18-23-21-16-26-22(13-19(21)14-24(23)34(5,6)45-32)27(39)15-20-9-12-37(43)25-17-28(40)30(33(3,4)42)44-29(25)10-11-35(37,7)36(20,8)31(41)38-26/h13,16-18,20,24,29-30,42-43H,9-12,14-15H2,1-8H3,(H,38,41)/t20-,24?,29-,30-,35+,36+,37+/m0/s1. The second-order valence-electron chi connectivity index (χ2n) is 16.6. The molecule has 45 heavy (non-hydrogen) atoms. The summed E-state index contributed by atoms with van der Waals surface area (Å²) in [5.74, 6) is -0.750. The number of amides is 1. The average Bonchev–Trinajstić information content (AvgIpc) is 3.27. The zero-order valence-electron chi connectivity index (χ0n) is 27.8. The zero-order valence-corrected chi connectivity index (χ0v) is 27.8. The van der Waals surface area contributed by atoms with Gasteiger partial charge in [0.25, 0.3) is 0 Å². The van der Waals surface area contributed by atoms with E-state index in [2.05, 4.69) is 39.1 Å². The van der Waals surface area contributed by atoms with Crippen molar-refractivity contribution in [2.24, 2.45) is 22.7 Å². The Kier molecular flexibility index (Phi) is 6.36. The van der Waals surface area contributed by atoms with Gasteiger partial charge in [0.1, 0.15) is 6.10 Å². The number of fused-ring (bicyclic) bond motifs is 9. The molecular weight excluding hydrogens is 570 g/mol. The Labute approximate surface area is 265 Å². The molecule has 3 heterocycles. The first kappa shape index (κ1) is 31.0. The van der Waals surface area contributed by atoms with Gasteiger partial charge in [-0.25, -0.2) is 0 Å². The third-order valence-corrected chi connectivity index (χ3v) is 12.6. The van der Waals surface area contributed by atoms with Crippen LogP contribution < -0.4 is 5.32 Å². The normalized spacial score (nSPS) is 39.8. The fourth-order valence-electron chi connectivity index (χ4n) is 10.1. The highest BCUT2D eigenvalue weighted by molar-refractivity contribution is 6.09. The predicted molar refractivity (Wildman–Crippen MR) is 170 cm³/mol. The quantitative estimate of drug-likeness (QED) is 0.389. The lowest BCUT2D eigenvalue weighted by Gasteiger charge is -2.65. The van der Waals surface area contributed by atoms with Gasteiger partial charge >= 0.3 is 0 Å². The van der Waals surface area contributed by atoms with E-state index in [0.29, 0.717) is 42.5 Å². The molecule has 8 heteroatoms. The molecule has 1 amide bonds. The first-order valence-electron chi connectivity index (χ1n) is 16.5. The van der Waals surface area contributed by atoms with E-state index >= 15 is 0 Å². The number of ketones is 2. The highest BCUT2D eigenvalue weighted by Gasteiger charge is 2.70. The second kappa shape index (κ2) is 9.24. The number of carbonyl (C=O) groups is 3. The molecular formula is C37H47NO7. The number of ether oxygens (including phenoxy) is 2. The van der Waals surface area contributed by atoms with Crippen molar-refractivity contribution < 1.29 is 34.1 Å². The summed E-state index contributed by atoms with van der Waals surface area (Å²) < 4.78 is 12.6. The van der Waals surface area contributed by atoms with Gasteiger partial charge in [-0.15, -0.1) is 0 Å². The Hall–Kier alpha value is -2.65. The molecule has 0 spiro atoms. The first-order valence-corrected chi connectivity index (χ1v) is 16.5. The van der Waals surface area contributed by atoms with Crippen LogP contribution in [0.2, 0.25) is 0 Å². The highest BCUT2D eigenvalue weighted by Crippen LogP contribution is 2.67. The molecule has 0 saturated heterocycles. The van der Waals surface area contributed by atoms with E-state index in [1.165, 1.54) is 11.6 Å². The van der Waals surface area contributed by atoms with Crippen molar-refractivity contribution in [3.05, 3.63) is 46.5 Å². The molecule has 0 bridgehead atoms. The molecule has 1 unspecified atom stereocenters. The topological polar surface area (TPSA) is 122 Å². The number of hydrogen-bond acceptors (Lipinski definition) is 7. The van der Waals surface area contributed by atoms with Crippen LogP contribution in [0.4, 0.5) is 5.69 Å². The van der Waals surface area contributed by atoms with Gasteiger partial charge in [0, 0.05) is 23.3 Å². The Bertz CT molecular complexity index is 1610. The van der Waals surface area contributed by atoms with Gasteiger partial charge in [-0.2, -0.15) is 0 Å². The summed E-state index contributed by atoms with van der Waals surface area (Å²) in [5, 5.41) is 26.4. The molecule has 1 aromatic carbocycles. The summed E-state index contributed by atoms with van der Waals surface area (Å²) in [7, 11) is 0. The summed E-state index contributed by atoms with van der Waals surface area (Å²) >= 11 is 0. The lowest BCUT2D eigenvalue weighted by Crippen LogP contribution is -2.70. The van der Waals surface area contributed by atoms with Crippen LogP contribution >= 0.6 is 0 Å². The number of aliphatic hydroxyl groups is 2. The van der Waals surface area contributed by atoms with Gasteiger partial charge < -0.3 is 25.0 Å². The number of nitrogens with one attached hydrogen (secondary N) is 1. The molecule has 2 fully saturated rings. The van der Waals surface area contributed by atoms with Gasteiger partial charge in [-0.1, -0.05) is 6.92 Å². The van der Waals surface area contributed by atoms with Gasteiger partial charge in [0.05, 0.1) is 39.6 Å². The summed E-state index contributed by atoms with van der Waals surface area (Å²) in [6.07, 6.45) is 4.77. The van der Waals surface area contributed by atoms with Crippen LogP contribution in [0.3, 0.4) is 0 Å². The predicted octanol–water partition coefficient (Wildman–Crippen LogP) is 5.34. The minimum atomic E-state index is -1.49. The molecule has 7 atom stereocenters. The average molecular weight is 618 g/mol. The molecule has 3 aliphatic carbocycles. The van der Waals surface area contributed by atoms with Crippen LogP contribution in [-0.4, -0.2) is 62.3 Å². The number of carbonyl (C=O) groups excluding carboxylic acids is 3. The molecule has 0 aromatic heterocycles. The van der Waals surface area contributed by atoms with Gasteiger partial charge in [0.15, 0.2) is 11.6 Å². The fourth-order valence-corrected chi connectivity index (χ4v) is 10.1. The summed E-state index contributed by atoms with van der Waals surface area (Å²) in [5.41, 5.74) is -0.888. The molecule has 242 valence electrons. The fraction of sp³-hybridized carbons (Fsp3) is 0.649. The van der Waals surface area contributed by atoms with Crippen molar-refractivity contribution in [1.29, 1.82) is 0 Å². The Morgan fingerprint density at radius 3 is 2.36 bits per heavy atom. The Balaban J connectivity index is 1.30. The van der Waals surface area contributed by atoms with E-state index in [1.54, 1.807) is 13.8 Å². The maximum atomic E-state index is 14.7. The summed E-state index contributed by atoms with van der Waals surface area (Å²) in [4.78, 5) is 42.0. The van der Waals surface area contributed by atoms with Crippen LogP contribution in [0.15, 0.2) is 29.9 Å². The van der Waals surface area contributed by atoms with Crippen molar-refractivity contribution in [2.75, 3.05) is 5.32 Å². The number of Topliss-reactive ketones (excluding diaryl/α,β-unsaturated/α-hetero) is 1. The zero-order chi connectivity index (χ0) is 32.7. The molecule has 7 rings (SSSR count). The van der Waals surface area contributed by atoms with Crippen LogP contribution in [0.25, 0.3) is 5.57 Å². The van der Waals surface area contributed by atoms with Gasteiger partial charge in [-0.3, -0.25) is 14.4 Å². The first-order chi connectivity index (χ1) is 20.7. The van der Waals surface area contributed by atoms with E-state index in [4.69, 9.17) is 9.47 Å². The molecule has 3 N–H and O–H groups in total. The smallest absolute Gasteiger partial charge is 0.231 e. The van der Waals surface area contributed by atoms with E-state index in [0.717, 1.165) is 17.5 Å². The van der Waals surface area contributed by atoms with Crippen LogP contribution in [0.1, 0.15) is 109 Å². The van der Waals surface area contributed by atoms with Crippen molar-refractivity contribution >= 4 is 28.7 Å². The maximum Gasteiger partial charge on any atom is 0.231 e.